The highest BCUT2D eigenvalue weighted by Crippen LogP contribution is 2.29. The molecule has 0 heterocycles. The minimum atomic E-state index is -0.926. The fraction of sp³-hybridized carbons (Fsp3) is 0.917. The van der Waals surface area contributed by atoms with Crippen molar-refractivity contribution in [1.29, 1.82) is 0 Å². The number of hydrogen-bond donors (Lipinski definition) is 3. The van der Waals surface area contributed by atoms with Crippen LogP contribution in [0.2, 0.25) is 0 Å². The van der Waals surface area contributed by atoms with Crippen LogP contribution in [0.1, 0.15) is 39.5 Å². The molecule has 1 rings (SSSR count). The molecule has 0 saturated heterocycles. The second kappa shape index (κ2) is 6.21. The molecular weight excluding hydrogens is 204 g/mol. The van der Waals surface area contributed by atoms with Crippen LogP contribution in [0.4, 0.5) is 0 Å². The number of nitrogens with one attached hydrogen (secondary N) is 1. The average molecular weight is 228 g/mol. The van der Waals surface area contributed by atoms with Crippen molar-refractivity contribution in [2.24, 2.45) is 17.6 Å². The summed E-state index contributed by atoms with van der Waals surface area (Å²) in [7, 11) is 0. The molecule has 0 spiro atoms. The lowest BCUT2D eigenvalue weighted by molar-refractivity contribution is -0.138. The SMILES string of the molecule is CC(C)C1CCCCC1NCC(N)C(=O)O. The molecule has 4 N–H and O–H groups in total. The van der Waals surface area contributed by atoms with E-state index in [9.17, 15) is 4.79 Å². The lowest BCUT2D eigenvalue weighted by Gasteiger charge is -2.35. The van der Waals surface area contributed by atoms with Crippen molar-refractivity contribution in [1.82, 2.24) is 5.32 Å². The van der Waals surface area contributed by atoms with Crippen molar-refractivity contribution in [3.05, 3.63) is 0 Å². The molecule has 3 atom stereocenters. The maximum absolute atomic E-state index is 10.6. The van der Waals surface area contributed by atoms with Gasteiger partial charge in [0.15, 0.2) is 0 Å². The first-order chi connectivity index (χ1) is 7.52. The highest BCUT2D eigenvalue weighted by molar-refractivity contribution is 5.73. The standard InChI is InChI=1S/C12H24N2O2/c1-8(2)9-5-3-4-6-11(9)14-7-10(13)12(15)16/h8-11,14H,3-7,13H2,1-2H3,(H,15,16). The van der Waals surface area contributed by atoms with Gasteiger partial charge in [0.25, 0.3) is 0 Å². The van der Waals surface area contributed by atoms with Gasteiger partial charge in [0.1, 0.15) is 6.04 Å². The second-order valence-corrected chi connectivity index (χ2v) is 5.15. The fourth-order valence-electron chi connectivity index (χ4n) is 2.58. The number of rotatable bonds is 5. The number of carboxylic acids is 1. The van der Waals surface area contributed by atoms with Crippen LogP contribution >= 0.6 is 0 Å². The van der Waals surface area contributed by atoms with Crippen molar-refractivity contribution in [3.8, 4) is 0 Å². The largest absolute Gasteiger partial charge is 0.480 e. The molecule has 1 saturated carbocycles. The zero-order valence-electron chi connectivity index (χ0n) is 10.3. The van der Waals surface area contributed by atoms with Gasteiger partial charge in [-0.2, -0.15) is 0 Å². The predicted molar refractivity (Wildman–Crippen MR) is 64.2 cm³/mol. The molecule has 0 bridgehead atoms. The summed E-state index contributed by atoms with van der Waals surface area (Å²) in [5.74, 6) is 0.387. The van der Waals surface area contributed by atoms with Crippen LogP contribution in [-0.2, 0) is 4.79 Å². The molecule has 0 aromatic rings. The highest BCUT2D eigenvalue weighted by atomic mass is 16.4. The van der Waals surface area contributed by atoms with Crippen molar-refractivity contribution < 1.29 is 9.90 Å². The van der Waals surface area contributed by atoms with Crippen LogP contribution in [-0.4, -0.2) is 29.7 Å². The van der Waals surface area contributed by atoms with Gasteiger partial charge in [0.2, 0.25) is 0 Å². The van der Waals surface area contributed by atoms with Crippen LogP contribution in [0, 0.1) is 11.8 Å². The summed E-state index contributed by atoms with van der Waals surface area (Å²) < 4.78 is 0. The van der Waals surface area contributed by atoms with E-state index < -0.39 is 12.0 Å². The van der Waals surface area contributed by atoms with E-state index >= 15 is 0 Å². The van der Waals surface area contributed by atoms with Gasteiger partial charge in [-0.3, -0.25) is 4.79 Å². The van der Waals surface area contributed by atoms with Crippen LogP contribution in [0.25, 0.3) is 0 Å². The van der Waals surface area contributed by atoms with Crippen molar-refractivity contribution in [3.63, 3.8) is 0 Å². The first kappa shape index (κ1) is 13.5. The molecule has 3 unspecified atom stereocenters. The third-order valence-corrected chi connectivity index (χ3v) is 3.59. The molecule has 0 aromatic carbocycles. The Morgan fingerprint density at radius 1 is 1.44 bits per heavy atom. The molecule has 0 amide bonds. The molecule has 1 aliphatic carbocycles. The molecule has 94 valence electrons. The van der Waals surface area contributed by atoms with E-state index in [0.717, 1.165) is 6.42 Å². The van der Waals surface area contributed by atoms with Gasteiger partial charge in [-0.15, -0.1) is 0 Å². The van der Waals surface area contributed by atoms with Crippen LogP contribution in [0.5, 0.6) is 0 Å². The lowest BCUT2D eigenvalue weighted by Crippen LogP contribution is -2.48. The molecular formula is C12H24N2O2. The Morgan fingerprint density at radius 2 is 2.06 bits per heavy atom. The van der Waals surface area contributed by atoms with Crippen molar-refractivity contribution in [2.45, 2.75) is 51.6 Å². The normalized spacial score (nSPS) is 28.0. The molecule has 4 heteroatoms. The molecule has 4 nitrogen and oxygen atoms in total. The summed E-state index contributed by atoms with van der Waals surface area (Å²) in [6, 6.07) is -0.339. The van der Waals surface area contributed by atoms with Gasteiger partial charge in [0, 0.05) is 12.6 Å². The molecule has 0 radical (unpaired) electrons. The first-order valence-electron chi connectivity index (χ1n) is 6.24. The summed E-state index contributed by atoms with van der Waals surface area (Å²) in [6.07, 6.45) is 4.93. The third-order valence-electron chi connectivity index (χ3n) is 3.59. The van der Waals surface area contributed by atoms with Gasteiger partial charge in [-0.05, 0) is 24.7 Å². The Balaban J connectivity index is 2.41. The van der Waals surface area contributed by atoms with Gasteiger partial charge in [-0.1, -0.05) is 26.7 Å². The first-order valence-corrected chi connectivity index (χ1v) is 6.24. The number of nitrogens with two attached hydrogens (primary N) is 1. The van der Waals surface area contributed by atoms with Gasteiger partial charge >= 0.3 is 5.97 Å². The van der Waals surface area contributed by atoms with E-state index in [2.05, 4.69) is 19.2 Å². The van der Waals surface area contributed by atoms with Gasteiger partial charge in [0.05, 0.1) is 0 Å². The topological polar surface area (TPSA) is 75.3 Å². The van der Waals surface area contributed by atoms with E-state index in [1.54, 1.807) is 0 Å². The summed E-state index contributed by atoms with van der Waals surface area (Å²) >= 11 is 0. The highest BCUT2D eigenvalue weighted by Gasteiger charge is 2.27. The Hall–Kier alpha value is -0.610. The summed E-state index contributed by atoms with van der Waals surface area (Å²) in [4.78, 5) is 10.6. The number of hydrogen-bond acceptors (Lipinski definition) is 3. The predicted octanol–water partition coefficient (Wildman–Crippen LogP) is 1.20. The average Bonchev–Trinajstić information content (AvgIpc) is 2.25. The summed E-state index contributed by atoms with van der Waals surface area (Å²) in [6.45, 7) is 4.85. The molecule has 16 heavy (non-hydrogen) atoms. The number of carbonyl (C=O) groups is 1. The summed E-state index contributed by atoms with van der Waals surface area (Å²) in [5.41, 5.74) is 5.49. The zero-order valence-corrected chi connectivity index (χ0v) is 10.3. The van der Waals surface area contributed by atoms with Crippen molar-refractivity contribution in [2.75, 3.05) is 6.54 Å². The lowest BCUT2D eigenvalue weighted by atomic mass is 9.78. The Morgan fingerprint density at radius 3 is 2.62 bits per heavy atom. The van der Waals surface area contributed by atoms with E-state index in [1.807, 2.05) is 0 Å². The fourth-order valence-corrected chi connectivity index (χ4v) is 2.58. The Bertz CT molecular complexity index is 231. The van der Waals surface area contributed by atoms with Crippen molar-refractivity contribution >= 4 is 5.97 Å². The molecule has 1 aliphatic rings. The van der Waals surface area contributed by atoms with Crippen LogP contribution in [0.15, 0.2) is 0 Å². The minimum absolute atomic E-state index is 0.378. The Kier molecular flexibility index (Phi) is 5.22. The molecule has 0 aromatic heterocycles. The maximum Gasteiger partial charge on any atom is 0.321 e. The smallest absolute Gasteiger partial charge is 0.321 e. The second-order valence-electron chi connectivity index (χ2n) is 5.15. The van der Waals surface area contributed by atoms with Gasteiger partial charge in [-0.25, -0.2) is 0 Å². The third kappa shape index (κ3) is 3.76. The van der Waals surface area contributed by atoms with E-state index in [0.29, 0.717) is 24.4 Å². The summed E-state index contributed by atoms with van der Waals surface area (Å²) in [5, 5.41) is 12.0. The van der Waals surface area contributed by atoms with Crippen LogP contribution < -0.4 is 11.1 Å². The van der Waals surface area contributed by atoms with E-state index in [-0.39, 0.29) is 0 Å². The minimum Gasteiger partial charge on any atom is -0.480 e. The maximum atomic E-state index is 10.6. The molecule has 0 aliphatic heterocycles. The Labute approximate surface area is 97.6 Å². The monoisotopic (exact) mass is 228 g/mol. The quantitative estimate of drug-likeness (QED) is 0.661. The molecule has 1 fully saturated rings. The van der Waals surface area contributed by atoms with E-state index in [1.165, 1.54) is 19.3 Å². The number of aliphatic carboxylic acids is 1. The van der Waals surface area contributed by atoms with E-state index in [4.69, 9.17) is 10.8 Å². The van der Waals surface area contributed by atoms with Gasteiger partial charge < -0.3 is 16.2 Å². The van der Waals surface area contributed by atoms with Crippen LogP contribution in [0.3, 0.4) is 0 Å². The zero-order chi connectivity index (χ0) is 12.1. The number of carboxylic acid groups (broad SMARTS) is 1.